The van der Waals surface area contributed by atoms with Crippen molar-refractivity contribution >= 4 is 22.2 Å². The number of ether oxygens (including phenoxy) is 2. The van der Waals surface area contributed by atoms with E-state index in [1.54, 1.807) is 7.11 Å². The predicted octanol–water partition coefficient (Wildman–Crippen LogP) is 3.91. The van der Waals surface area contributed by atoms with Crippen LogP contribution in [0.25, 0.3) is 0 Å². The van der Waals surface area contributed by atoms with E-state index in [1.165, 1.54) is 12.8 Å². The van der Waals surface area contributed by atoms with Crippen LogP contribution in [0.2, 0.25) is 0 Å². The molecule has 1 aromatic carbocycles. The number of aryl methyl sites for hydroxylation is 1. The molecule has 0 aromatic heterocycles. The number of aldehydes is 1. The molecule has 4 heteroatoms. The summed E-state index contributed by atoms with van der Waals surface area (Å²) >= 11 is 3.51. The molecule has 1 aliphatic carbocycles. The zero-order valence-electron chi connectivity index (χ0n) is 11.2. The third-order valence-corrected chi connectivity index (χ3v) is 4.01. The molecule has 0 radical (unpaired) electrons. The fourth-order valence-corrected chi connectivity index (χ4v) is 3.11. The zero-order valence-corrected chi connectivity index (χ0v) is 12.7. The number of hydrogen-bond donors (Lipinski definition) is 0. The normalized spacial score (nSPS) is 15.5. The van der Waals surface area contributed by atoms with Crippen molar-refractivity contribution in [1.29, 1.82) is 0 Å². The molecule has 1 fully saturated rings. The highest BCUT2D eigenvalue weighted by Gasteiger charge is 2.20. The first kappa shape index (κ1) is 14.4. The summed E-state index contributed by atoms with van der Waals surface area (Å²) in [6, 6.07) is 3.98. The standard InChI is InChI=1S/C15H19BrO3/c1-18-15-13(16)9-11(5-4-8-17)10-14(15)19-12-6-2-3-7-12/h8-10,12H,2-7H2,1H3. The number of hydrogen-bond acceptors (Lipinski definition) is 3. The quantitative estimate of drug-likeness (QED) is 0.743. The molecule has 1 aliphatic rings. The molecule has 0 unspecified atom stereocenters. The van der Waals surface area contributed by atoms with Gasteiger partial charge in [-0.2, -0.15) is 0 Å². The smallest absolute Gasteiger partial charge is 0.174 e. The lowest BCUT2D eigenvalue weighted by atomic mass is 10.1. The number of carbonyl (C=O) groups excluding carboxylic acids is 1. The monoisotopic (exact) mass is 326 g/mol. The van der Waals surface area contributed by atoms with Crippen molar-refractivity contribution in [2.24, 2.45) is 0 Å². The highest BCUT2D eigenvalue weighted by atomic mass is 79.9. The Morgan fingerprint density at radius 1 is 1.37 bits per heavy atom. The first-order valence-corrected chi connectivity index (χ1v) is 7.50. The van der Waals surface area contributed by atoms with Gasteiger partial charge >= 0.3 is 0 Å². The van der Waals surface area contributed by atoms with E-state index in [9.17, 15) is 4.79 Å². The highest BCUT2D eigenvalue weighted by Crippen LogP contribution is 2.38. The van der Waals surface area contributed by atoms with Crippen LogP contribution < -0.4 is 9.47 Å². The summed E-state index contributed by atoms with van der Waals surface area (Å²) in [5.74, 6) is 1.52. The van der Waals surface area contributed by atoms with Crippen molar-refractivity contribution in [3.8, 4) is 11.5 Å². The summed E-state index contributed by atoms with van der Waals surface area (Å²) in [7, 11) is 1.65. The minimum absolute atomic E-state index is 0.294. The van der Waals surface area contributed by atoms with Gasteiger partial charge in [-0.1, -0.05) is 0 Å². The lowest BCUT2D eigenvalue weighted by Gasteiger charge is -2.18. The molecule has 3 nitrogen and oxygen atoms in total. The summed E-state index contributed by atoms with van der Waals surface area (Å²) in [6.07, 6.45) is 7.18. The molecule has 2 rings (SSSR count). The number of halogens is 1. The molecule has 1 saturated carbocycles. The summed E-state index contributed by atoms with van der Waals surface area (Å²) in [5, 5.41) is 0. The maximum absolute atomic E-state index is 10.5. The first-order valence-electron chi connectivity index (χ1n) is 6.71. The Bertz CT molecular complexity index is 439. The zero-order chi connectivity index (χ0) is 13.7. The maximum atomic E-state index is 10.5. The van der Waals surface area contributed by atoms with Gasteiger partial charge in [0.05, 0.1) is 17.7 Å². The van der Waals surface area contributed by atoms with Gasteiger partial charge in [-0.3, -0.25) is 0 Å². The molecular formula is C15H19BrO3. The lowest BCUT2D eigenvalue weighted by molar-refractivity contribution is -0.107. The summed E-state index contributed by atoms with van der Waals surface area (Å²) in [5.41, 5.74) is 1.09. The molecule has 0 aliphatic heterocycles. The Morgan fingerprint density at radius 2 is 2.11 bits per heavy atom. The Balaban J connectivity index is 2.21. The lowest BCUT2D eigenvalue weighted by Crippen LogP contribution is -2.12. The molecule has 0 bridgehead atoms. The number of benzene rings is 1. The minimum atomic E-state index is 0.294. The molecular weight excluding hydrogens is 308 g/mol. The third kappa shape index (κ3) is 3.72. The van der Waals surface area contributed by atoms with E-state index in [-0.39, 0.29) is 0 Å². The molecule has 0 amide bonds. The van der Waals surface area contributed by atoms with E-state index in [0.717, 1.165) is 47.1 Å². The molecule has 0 heterocycles. The van der Waals surface area contributed by atoms with E-state index in [4.69, 9.17) is 9.47 Å². The van der Waals surface area contributed by atoms with Crippen LogP contribution in [0.3, 0.4) is 0 Å². The Labute approximate surface area is 122 Å². The van der Waals surface area contributed by atoms with E-state index in [2.05, 4.69) is 15.9 Å². The molecule has 0 N–H and O–H groups in total. The van der Waals surface area contributed by atoms with Crippen LogP contribution in [-0.2, 0) is 11.2 Å². The van der Waals surface area contributed by atoms with Gasteiger partial charge in [-0.25, -0.2) is 0 Å². The van der Waals surface area contributed by atoms with E-state index < -0.39 is 0 Å². The second-order valence-electron chi connectivity index (χ2n) is 4.84. The minimum Gasteiger partial charge on any atom is -0.492 e. The molecule has 104 valence electrons. The van der Waals surface area contributed by atoms with Gasteiger partial charge < -0.3 is 14.3 Å². The first-order chi connectivity index (χ1) is 9.24. The van der Waals surface area contributed by atoms with Crippen LogP contribution in [-0.4, -0.2) is 19.5 Å². The Morgan fingerprint density at radius 3 is 2.74 bits per heavy atom. The number of methoxy groups -OCH3 is 1. The van der Waals surface area contributed by atoms with Crippen LogP contribution in [0.4, 0.5) is 0 Å². The van der Waals surface area contributed by atoms with Gasteiger partial charge in [0.15, 0.2) is 11.5 Å². The number of rotatable bonds is 6. The van der Waals surface area contributed by atoms with Gasteiger partial charge in [0.2, 0.25) is 0 Å². The Kier molecular flexibility index (Phi) is 5.25. The van der Waals surface area contributed by atoms with Crippen molar-refractivity contribution in [3.63, 3.8) is 0 Å². The molecule has 1 aromatic rings. The van der Waals surface area contributed by atoms with Crippen LogP contribution in [0.1, 0.15) is 37.7 Å². The van der Waals surface area contributed by atoms with Crippen LogP contribution in [0.5, 0.6) is 11.5 Å². The predicted molar refractivity (Wildman–Crippen MR) is 78.0 cm³/mol. The van der Waals surface area contributed by atoms with Crippen molar-refractivity contribution in [2.75, 3.05) is 7.11 Å². The average molecular weight is 327 g/mol. The van der Waals surface area contributed by atoms with Crippen molar-refractivity contribution in [2.45, 2.75) is 44.6 Å². The number of carbonyl (C=O) groups is 1. The SMILES string of the molecule is COc1c(Br)cc(CCC=O)cc1OC1CCCC1. The fourth-order valence-electron chi connectivity index (χ4n) is 2.46. The average Bonchev–Trinajstić information content (AvgIpc) is 2.89. The van der Waals surface area contributed by atoms with Gasteiger partial charge in [0.1, 0.15) is 6.29 Å². The highest BCUT2D eigenvalue weighted by molar-refractivity contribution is 9.10. The summed E-state index contributed by atoms with van der Waals surface area (Å²) in [4.78, 5) is 10.5. The van der Waals surface area contributed by atoms with Gasteiger partial charge in [0.25, 0.3) is 0 Å². The second kappa shape index (κ2) is 6.94. The molecule has 0 spiro atoms. The van der Waals surface area contributed by atoms with Gasteiger partial charge in [-0.15, -0.1) is 0 Å². The summed E-state index contributed by atoms with van der Waals surface area (Å²) < 4.78 is 12.3. The topological polar surface area (TPSA) is 35.5 Å². The van der Waals surface area contributed by atoms with Crippen LogP contribution >= 0.6 is 15.9 Å². The van der Waals surface area contributed by atoms with E-state index in [0.29, 0.717) is 12.5 Å². The van der Waals surface area contributed by atoms with Crippen LogP contribution in [0.15, 0.2) is 16.6 Å². The summed E-state index contributed by atoms with van der Waals surface area (Å²) in [6.45, 7) is 0. The Hall–Kier alpha value is -1.03. The molecule has 19 heavy (non-hydrogen) atoms. The van der Waals surface area contributed by atoms with Crippen molar-refractivity contribution in [1.82, 2.24) is 0 Å². The fraction of sp³-hybridized carbons (Fsp3) is 0.533. The maximum Gasteiger partial charge on any atom is 0.174 e. The van der Waals surface area contributed by atoms with Gasteiger partial charge in [-0.05, 0) is 65.7 Å². The molecule has 0 atom stereocenters. The largest absolute Gasteiger partial charge is 0.492 e. The molecule has 0 saturated heterocycles. The van der Waals surface area contributed by atoms with Crippen molar-refractivity contribution < 1.29 is 14.3 Å². The third-order valence-electron chi connectivity index (χ3n) is 3.42. The second-order valence-corrected chi connectivity index (χ2v) is 5.69. The van der Waals surface area contributed by atoms with E-state index in [1.807, 2.05) is 12.1 Å². The van der Waals surface area contributed by atoms with Gasteiger partial charge in [0, 0.05) is 6.42 Å². The van der Waals surface area contributed by atoms with Crippen molar-refractivity contribution in [3.05, 3.63) is 22.2 Å². The van der Waals surface area contributed by atoms with Crippen LogP contribution in [0, 0.1) is 0 Å². The van der Waals surface area contributed by atoms with E-state index >= 15 is 0 Å².